The van der Waals surface area contributed by atoms with Crippen LogP contribution < -0.4 is 0 Å². The summed E-state index contributed by atoms with van der Waals surface area (Å²) in [7, 11) is 0. The summed E-state index contributed by atoms with van der Waals surface area (Å²) in [6.07, 6.45) is 0. The first-order valence-electron chi connectivity index (χ1n) is 5.89. The molecule has 1 aromatic heterocycles. The maximum atomic E-state index is 6.23. The molecule has 2 nitrogen and oxygen atoms in total. The lowest BCUT2D eigenvalue weighted by atomic mass is 9.92. The fourth-order valence-electron chi connectivity index (χ4n) is 1.68. The van der Waals surface area contributed by atoms with Crippen molar-refractivity contribution < 1.29 is 0 Å². The topological polar surface area (TPSA) is 25.8 Å². The van der Waals surface area contributed by atoms with E-state index in [1.54, 1.807) is 0 Å². The molecule has 0 fully saturated rings. The Hall–Kier alpha value is 0.0300. The minimum Gasteiger partial charge on any atom is -0.231 e. The van der Waals surface area contributed by atoms with E-state index in [0.29, 0.717) is 11.0 Å². The van der Waals surface area contributed by atoms with Crippen LogP contribution in [0.3, 0.4) is 0 Å². The average molecular weight is 483 g/mol. The molecule has 0 spiro atoms. The van der Waals surface area contributed by atoms with Crippen LogP contribution in [-0.4, -0.2) is 9.97 Å². The quantitative estimate of drug-likeness (QED) is 0.440. The molecule has 0 atom stereocenters. The maximum Gasteiger partial charge on any atom is 0.161 e. The number of benzene rings is 1. The van der Waals surface area contributed by atoms with E-state index in [4.69, 9.17) is 11.6 Å². The van der Waals surface area contributed by atoms with Gasteiger partial charge in [0.2, 0.25) is 0 Å². The molecule has 2 aromatic rings. The first-order chi connectivity index (χ1) is 9.20. The van der Waals surface area contributed by atoms with Crippen molar-refractivity contribution in [1.29, 1.82) is 0 Å². The van der Waals surface area contributed by atoms with Crippen LogP contribution in [0, 0.1) is 0 Å². The highest BCUT2D eigenvalue weighted by molar-refractivity contribution is 9.13. The van der Waals surface area contributed by atoms with Crippen molar-refractivity contribution in [1.82, 2.24) is 9.97 Å². The lowest BCUT2D eigenvalue weighted by Gasteiger charge is -2.20. The molecule has 0 saturated heterocycles. The number of rotatable bonds is 1. The van der Waals surface area contributed by atoms with E-state index in [9.17, 15) is 0 Å². The molecule has 20 heavy (non-hydrogen) atoms. The minimum atomic E-state index is -0.118. The first-order valence-corrected chi connectivity index (χ1v) is 8.65. The Balaban J connectivity index is 2.63. The van der Waals surface area contributed by atoms with Crippen molar-refractivity contribution in [3.05, 3.63) is 42.5 Å². The average Bonchev–Trinajstić information content (AvgIpc) is 2.34. The van der Waals surface area contributed by atoms with Gasteiger partial charge in [-0.3, -0.25) is 0 Å². The maximum absolute atomic E-state index is 6.23. The zero-order valence-electron chi connectivity index (χ0n) is 11.1. The van der Waals surface area contributed by atoms with Crippen molar-refractivity contribution in [3.8, 4) is 11.4 Å². The normalized spacial score (nSPS) is 11.8. The SMILES string of the molecule is CC(C)(C)c1nc(-c2ccc(Br)c(Br)c2)nc(Cl)c1Br. The molecule has 2 rings (SSSR count). The van der Waals surface area contributed by atoms with Gasteiger partial charge in [-0.05, 0) is 66.0 Å². The monoisotopic (exact) mass is 480 g/mol. The zero-order valence-corrected chi connectivity index (χ0v) is 16.7. The van der Waals surface area contributed by atoms with Gasteiger partial charge in [0, 0.05) is 19.9 Å². The van der Waals surface area contributed by atoms with E-state index in [-0.39, 0.29) is 5.41 Å². The number of hydrogen-bond acceptors (Lipinski definition) is 2. The number of halogens is 4. The lowest BCUT2D eigenvalue weighted by molar-refractivity contribution is 0.564. The van der Waals surface area contributed by atoms with Crippen LogP contribution in [0.25, 0.3) is 11.4 Å². The Bertz CT molecular complexity index is 666. The summed E-state index contributed by atoms with van der Waals surface area (Å²) in [5.74, 6) is 0.622. The second-order valence-electron chi connectivity index (χ2n) is 5.38. The van der Waals surface area contributed by atoms with Gasteiger partial charge in [0.15, 0.2) is 5.82 Å². The molecule has 0 aliphatic carbocycles. The van der Waals surface area contributed by atoms with Gasteiger partial charge in [-0.2, -0.15) is 0 Å². The Morgan fingerprint density at radius 2 is 1.65 bits per heavy atom. The smallest absolute Gasteiger partial charge is 0.161 e. The molecule has 0 bridgehead atoms. The third-order valence-electron chi connectivity index (χ3n) is 2.70. The second kappa shape index (κ2) is 6.03. The van der Waals surface area contributed by atoms with Crippen molar-refractivity contribution in [2.24, 2.45) is 0 Å². The fraction of sp³-hybridized carbons (Fsp3) is 0.286. The van der Waals surface area contributed by atoms with Gasteiger partial charge in [0.1, 0.15) is 5.15 Å². The number of aromatic nitrogens is 2. The summed E-state index contributed by atoms with van der Waals surface area (Å²) >= 11 is 16.6. The van der Waals surface area contributed by atoms with Crippen LogP contribution in [0.4, 0.5) is 0 Å². The van der Waals surface area contributed by atoms with E-state index < -0.39 is 0 Å². The Morgan fingerprint density at radius 3 is 2.20 bits per heavy atom. The van der Waals surface area contributed by atoms with Crippen molar-refractivity contribution in [2.75, 3.05) is 0 Å². The third kappa shape index (κ3) is 3.43. The molecule has 106 valence electrons. The van der Waals surface area contributed by atoms with E-state index in [1.165, 1.54) is 0 Å². The fourth-order valence-corrected chi connectivity index (χ4v) is 3.25. The van der Waals surface area contributed by atoms with Crippen molar-refractivity contribution in [2.45, 2.75) is 26.2 Å². The molecule has 0 N–H and O–H groups in total. The molecule has 0 amide bonds. The molecule has 0 saturated carbocycles. The van der Waals surface area contributed by atoms with Crippen LogP contribution in [0.15, 0.2) is 31.6 Å². The van der Waals surface area contributed by atoms with Crippen LogP contribution in [0.5, 0.6) is 0 Å². The third-order valence-corrected chi connectivity index (χ3v) is 5.83. The highest BCUT2D eigenvalue weighted by Crippen LogP contribution is 2.35. The van der Waals surface area contributed by atoms with Gasteiger partial charge in [-0.25, -0.2) is 9.97 Å². The van der Waals surface area contributed by atoms with Gasteiger partial charge in [0.25, 0.3) is 0 Å². The van der Waals surface area contributed by atoms with E-state index in [0.717, 1.165) is 24.7 Å². The minimum absolute atomic E-state index is 0.118. The van der Waals surface area contributed by atoms with Gasteiger partial charge >= 0.3 is 0 Å². The van der Waals surface area contributed by atoms with Crippen LogP contribution in [-0.2, 0) is 5.41 Å². The van der Waals surface area contributed by atoms with Crippen molar-refractivity contribution in [3.63, 3.8) is 0 Å². The highest BCUT2D eigenvalue weighted by atomic mass is 79.9. The predicted octanol–water partition coefficient (Wildman–Crippen LogP) is 6.38. The van der Waals surface area contributed by atoms with Crippen LogP contribution in [0.1, 0.15) is 26.5 Å². The molecule has 0 aliphatic rings. The predicted molar refractivity (Wildman–Crippen MR) is 94.3 cm³/mol. The molecule has 1 aromatic carbocycles. The van der Waals surface area contributed by atoms with E-state index in [2.05, 4.69) is 78.5 Å². The summed E-state index contributed by atoms with van der Waals surface area (Å²) in [4.78, 5) is 9.03. The summed E-state index contributed by atoms with van der Waals surface area (Å²) in [6, 6.07) is 5.88. The van der Waals surface area contributed by atoms with Crippen LogP contribution >= 0.6 is 59.4 Å². The molecular formula is C14H12Br3ClN2. The van der Waals surface area contributed by atoms with Gasteiger partial charge in [-0.15, -0.1) is 0 Å². The Kier molecular flexibility index (Phi) is 4.95. The van der Waals surface area contributed by atoms with Gasteiger partial charge in [-0.1, -0.05) is 32.4 Å². The standard InChI is InChI=1S/C14H12Br3ClN2/c1-14(2,3)11-10(17)12(18)20-13(19-11)7-4-5-8(15)9(16)6-7/h4-6H,1-3H3. The van der Waals surface area contributed by atoms with E-state index in [1.807, 2.05) is 18.2 Å². The number of hydrogen-bond donors (Lipinski definition) is 0. The molecule has 6 heteroatoms. The van der Waals surface area contributed by atoms with E-state index >= 15 is 0 Å². The highest BCUT2D eigenvalue weighted by Gasteiger charge is 2.23. The summed E-state index contributed by atoms with van der Waals surface area (Å²) in [5, 5.41) is 0.430. The Labute approximate surface area is 148 Å². The summed E-state index contributed by atoms with van der Waals surface area (Å²) < 4.78 is 2.70. The van der Waals surface area contributed by atoms with Crippen LogP contribution in [0.2, 0.25) is 5.15 Å². The zero-order chi connectivity index (χ0) is 15.1. The summed E-state index contributed by atoms with van der Waals surface area (Å²) in [5.41, 5.74) is 1.69. The van der Waals surface area contributed by atoms with Gasteiger partial charge in [0.05, 0.1) is 10.2 Å². The largest absolute Gasteiger partial charge is 0.231 e. The Morgan fingerprint density at radius 1 is 1.00 bits per heavy atom. The molecule has 0 unspecified atom stereocenters. The second-order valence-corrected chi connectivity index (χ2v) is 8.24. The first kappa shape index (κ1) is 16.4. The lowest BCUT2D eigenvalue weighted by Crippen LogP contribution is -2.16. The summed E-state index contributed by atoms with van der Waals surface area (Å²) in [6.45, 7) is 6.28. The molecule has 0 aliphatic heterocycles. The molecule has 0 radical (unpaired) electrons. The molecule has 1 heterocycles. The number of nitrogens with zero attached hydrogens (tertiary/aromatic N) is 2. The molecular weight excluding hydrogens is 471 g/mol. The van der Waals surface area contributed by atoms with Gasteiger partial charge < -0.3 is 0 Å². The van der Waals surface area contributed by atoms with Crippen molar-refractivity contribution >= 4 is 59.4 Å².